The largest absolute Gasteiger partial charge is 0.497 e. The number of aromatic amines is 1. The number of rotatable bonds is 6. The number of H-pyrrole nitrogens is 1. The highest BCUT2D eigenvalue weighted by molar-refractivity contribution is 7.99. The van der Waals surface area contributed by atoms with E-state index in [9.17, 15) is 14.4 Å². The smallest absolute Gasteiger partial charge is 0.340 e. The normalized spacial score (nSPS) is 15.7. The molecule has 1 saturated heterocycles. The average Bonchev–Trinajstić information content (AvgIpc) is 3.33. The van der Waals surface area contributed by atoms with Crippen molar-refractivity contribution in [3.63, 3.8) is 0 Å². The Balaban J connectivity index is 1.78. The van der Waals surface area contributed by atoms with Crippen molar-refractivity contribution in [1.82, 2.24) is 9.88 Å². The highest BCUT2D eigenvalue weighted by Crippen LogP contribution is 2.27. The van der Waals surface area contributed by atoms with Crippen molar-refractivity contribution < 1.29 is 23.9 Å². The molecule has 2 N–H and O–H groups in total. The molecule has 0 spiro atoms. The van der Waals surface area contributed by atoms with Crippen LogP contribution in [0.25, 0.3) is 0 Å². The molecule has 8 nitrogen and oxygen atoms in total. The van der Waals surface area contributed by atoms with Crippen molar-refractivity contribution in [2.24, 2.45) is 0 Å². The molecule has 0 radical (unpaired) electrons. The van der Waals surface area contributed by atoms with Crippen molar-refractivity contribution in [3.8, 4) is 5.75 Å². The Morgan fingerprint density at radius 1 is 1.23 bits per heavy atom. The first-order chi connectivity index (χ1) is 14.4. The summed E-state index contributed by atoms with van der Waals surface area (Å²) in [7, 11) is 1.57. The third-order valence-electron chi connectivity index (χ3n) is 4.93. The zero-order chi connectivity index (χ0) is 21.8. The fourth-order valence-corrected chi connectivity index (χ4v) is 4.53. The Labute approximate surface area is 179 Å². The molecule has 1 aromatic heterocycles. The van der Waals surface area contributed by atoms with Crippen LogP contribution in [0.15, 0.2) is 24.3 Å². The van der Waals surface area contributed by atoms with Crippen molar-refractivity contribution in [3.05, 3.63) is 46.8 Å². The number of carbonyl (C=O) groups is 3. The van der Waals surface area contributed by atoms with E-state index < -0.39 is 12.0 Å². The second kappa shape index (κ2) is 9.25. The van der Waals surface area contributed by atoms with Gasteiger partial charge in [0.1, 0.15) is 17.5 Å². The first kappa shape index (κ1) is 21.8. The van der Waals surface area contributed by atoms with Crippen molar-refractivity contribution in [2.75, 3.05) is 30.7 Å². The number of ether oxygens (including phenoxy) is 2. The molecule has 9 heteroatoms. The van der Waals surface area contributed by atoms with Crippen molar-refractivity contribution >= 4 is 35.2 Å². The number of benzene rings is 1. The van der Waals surface area contributed by atoms with Crippen LogP contribution < -0.4 is 10.1 Å². The van der Waals surface area contributed by atoms with Gasteiger partial charge in [0.2, 0.25) is 5.91 Å². The Morgan fingerprint density at radius 3 is 2.57 bits per heavy atom. The molecule has 0 aliphatic carbocycles. The zero-order valence-corrected chi connectivity index (χ0v) is 18.2. The molecule has 1 fully saturated rings. The third kappa shape index (κ3) is 4.30. The van der Waals surface area contributed by atoms with E-state index in [2.05, 4.69) is 10.3 Å². The number of carbonyl (C=O) groups excluding carboxylic acids is 3. The monoisotopic (exact) mass is 431 g/mol. The second-order valence-electron chi connectivity index (χ2n) is 6.85. The molecular formula is C21H25N3O5S. The van der Waals surface area contributed by atoms with Gasteiger partial charge in [0, 0.05) is 17.1 Å². The molecule has 1 aromatic carbocycles. The van der Waals surface area contributed by atoms with Gasteiger partial charge in [0.05, 0.1) is 25.2 Å². The molecule has 30 heavy (non-hydrogen) atoms. The lowest BCUT2D eigenvalue weighted by atomic mass is 10.1. The second-order valence-corrected chi connectivity index (χ2v) is 7.85. The minimum absolute atomic E-state index is 0.253. The first-order valence-electron chi connectivity index (χ1n) is 9.57. The summed E-state index contributed by atoms with van der Waals surface area (Å²) in [6.07, 6.45) is 0. The fraction of sp³-hybridized carbons (Fsp3) is 0.381. The molecule has 2 aromatic rings. The van der Waals surface area contributed by atoms with Crippen LogP contribution in [0.3, 0.4) is 0 Å². The SMILES string of the molecule is CCOC(=O)c1c(C)[nH]c(C(=O)N2CSCC2C(=O)Nc2ccc(OC)cc2)c1C. The lowest BCUT2D eigenvalue weighted by Crippen LogP contribution is -2.44. The van der Waals surface area contributed by atoms with Gasteiger partial charge >= 0.3 is 5.97 Å². The molecule has 3 rings (SSSR count). The maximum absolute atomic E-state index is 13.2. The minimum atomic E-state index is -0.612. The van der Waals surface area contributed by atoms with E-state index in [-0.39, 0.29) is 18.4 Å². The fourth-order valence-electron chi connectivity index (χ4n) is 3.38. The van der Waals surface area contributed by atoms with E-state index in [4.69, 9.17) is 9.47 Å². The number of hydrogen-bond acceptors (Lipinski definition) is 6. The van der Waals surface area contributed by atoms with Crippen LogP contribution in [0.5, 0.6) is 5.75 Å². The van der Waals surface area contributed by atoms with Crippen molar-refractivity contribution in [1.29, 1.82) is 0 Å². The predicted octanol–water partition coefficient (Wildman–Crippen LogP) is 2.97. The van der Waals surface area contributed by atoms with Gasteiger partial charge in [-0.15, -0.1) is 11.8 Å². The molecule has 0 bridgehead atoms. The summed E-state index contributed by atoms with van der Waals surface area (Å²) in [4.78, 5) is 42.8. The Bertz CT molecular complexity index is 954. The van der Waals surface area contributed by atoms with E-state index in [1.165, 1.54) is 16.7 Å². The standard InChI is InChI=1S/C21H25N3O5S/c1-5-29-21(27)17-12(2)18(22-13(17)3)20(26)24-11-30-10-16(24)19(25)23-14-6-8-15(28-4)9-7-14/h6-9,16,22H,5,10-11H2,1-4H3,(H,23,25). The summed E-state index contributed by atoms with van der Waals surface area (Å²) in [5, 5.41) is 2.85. The van der Waals surface area contributed by atoms with Gasteiger partial charge in [-0.2, -0.15) is 0 Å². The summed E-state index contributed by atoms with van der Waals surface area (Å²) in [6.45, 7) is 5.42. The van der Waals surface area contributed by atoms with Crippen LogP contribution in [-0.2, 0) is 9.53 Å². The molecule has 2 amide bonds. The highest BCUT2D eigenvalue weighted by Gasteiger charge is 2.37. The first-order valence-corrected chi connectivity index (χ1v) is 10.7. The summed E-state index contributed by atoms with van der Waals surface area (Å²) in [5.74, 6) is 0.544. The summed E-state index contributed by atoms with van der Waals surface area (Å²) >= 11 is 1.51. The van der Waals surface area contributed by atoms with E-state index in [0.29, 0.717) is 45.6 Å². The van der Waals surface area contributed by atoms with E-state index >= 15 is 0 Å². The number of amides is 2. The Hall–Kier alpha value is -2.94. The molecular weight excluding hydrogens is 406 g/mol. The third-order valence-corrected chi connectivity index (χ3v) is 5.95. The number of esters is 1. The number of anilines is 1. The summed E-state index contributed by atoms with van der Waals surface area (Å²) < 4.78 is 10.2. The number of thioether (sulfide) groups is 1. The van der Waals surface area contributed by atoms with Gasteiger partial charge in [0.25, 0.3) is 5.91 Å². The van der Waals surface area contributed by atoms with Crippen LogP contribution in [0.4, 0.5) is 5.69 Å². The summed E-state index contributed by atoms with van der Waals surface area (Å²) in [5.41, 5.74) is 2.40. The van der Waals surface area contributed by atoms with E-state index in [1.807, 2.05) is 0 Å². The quantitative estimate of drug-likeness (QED) is 0.682. The lowest BCUT2D eigenvalue weighted by molar-refractivity contribution is -0.119. The van der Waals surface area contributed by atoms with E-state index in [1.54, 1.807) is 52.1 Å². The topological polar surface area (TPSA) is 101 Å². The maximum atomic E-state index is 13.2. The molecule has 1 atom stereocenters. The molecule has 1 aliphatic heterocycles. The molecule has 2 heterocycles. The lowest BCUT2D eigenvalue weighted by Gasteiger charge is -2.23. The minimum Gasteiger partial charge on any atom is -0.497 e. The van der Waals surface area contributed by atoms with Gasteiger partial charge in [-0.3, -0.25) is 9.59 Å². The number of nitrogens with one attached hydrogen (secondary N) is 2. The molecule has 0 saturated carbocycles. The summed E-state index contributed by atoms with van der Waals surface area (Å²) in [6, 6.07) is 6.39. The van der Waals surface area contributed by atoms with Crippen LogP contribution in [0.2, 0.25) is 0 Å². The Kier molecular flexibility index (Phi) is 6.71. The number of methoxy groups -OCH3 is 1. The number of aromatic nitrogens is 1. The van der Waals surface area contributed by atoms with Gasteiger partial charge in [-0.25, -0.2) is 4.79 Å². The van der Waals surface area contributed by atoms with Crippen LogP contribution in [0, 0.1) is 13.8 Å². The molecule has 1 unspecified atom stereocenters. The Morgan fingerprint density at radius 2 is 1.93 bits per heavy atom. The van der Waals surface area contributed by atoms with Gasteiger partial charge in [-0.1, -0.05) is 0 Å². The van der Waals surface area contributed by atoms with E-state index in [0.717, 1.165) is 0 Å². The number of nitrogens with zero attached hydrogens (tertiary/aromatic N) is 1. The zero-order valence-electron chi connectivity index (χ0n) is 17.4. The van der Waals surface area contributed by atoms with Crippen LogP contribution in [-0.4, -0.2) is 59.1 Å². The van der Waals surface area contributed by atoms with Gasteiger partial charge in [0.15, 0.2) is 0 Å². The van der Waals surface area contributed by atoms with Gasteiger partial charge < -0.3 is 24.7 Å². The van der Waals surface area contributed by atoms with Crippen LogP contribution >= 0.6 is 11.8 Å². The highest BCUT2D eigenvalue weighted by atomic mass is 32.2. The average molecular weight is 432 g/mol. The maximum Gasteiger partial charge on any atom is 0.340 e. The van der Waals surface area contributed by atoms with Gasteiger partial charge in [-0.05, 0) is 50.6 Å². The molecule has 1 aliphatic rings. The van der Waals surface area contributed by atoms with Crippen molar-refractivity contribution in [2.45, 2.75) is 26.8 Å². The predicted molar refractivity (Wildman–Crippen MR) is 115 cm³/mol. The molecule has 160 valence electrons. The van der Waals surface area contributed by atoms with Crippen LogP contribution in [0.1, 0.15) is 39.0 Å². The number of hydrogen-bond donors (Lipinski definition) is 2. The number of aryl methyl sites for hydroxylation is 1.